The normalized spacial score (nSPS) is 23.6. The van der Waals surface area contributed by atoms with Crippen LogP contribution in [0.15, 0.2) is 67.3 Å². The zero-order valence-corrected chi connectivity index (χ0v) is 30.5. The summed E-state index contributed by atoms with van der Waals surface area (Å²) < 4.78 is 12.2. The summed E-state index contributed by atoms with van der Waals surface area (Å²) in [5.41, 5.74) is 1.05. The van der Waals surface area contributed by atoms with Crippen molar-refractivity contribution in [3.8, 4) is 22.8 Å². The van der Waals surface area contributed by atoms with Crippen molar-refractivity contribution in [3.63, 3.8) is 0 Å². The minimum atomic E-state index is -1.21. The molecule has 1 saturated heterocycles. The van der Waals surface area contributed by atoms with E-state index in [0.717, 1.165) is 23.8 Å². The number of nitrogens with one attached hydrogen (secondary N) is 1. The van der Waals surface area contributed by atoms with E-state index in [1.807, 2.05) is 68.4 Å². The number of ether oxygens (including phenoxy) is 2. The van der Waals surface area contributed by atoms with Crippen LogP contribution in [0.1, 0.15) is 71.6 Å². The van der Waals surface area contributed by atoms with Crippen LogP contribution in [0.2, 0.25) is 0 Å². The second-order valence-corrected chi connectivity index (χ2v) is 15.2. The third-order valence-electron chi connectivity index (χ3n) is 11.5. The number of nitrogens with zero attached hydrogens (tertiary/aromatic N) is 2. The lowest BCUT2D eigenvalue weighted by Gasteiger charge is -2.28. The Kier molecular flexibility index (Phi) is 11.3. The zero-order valence-electron chi connectivity index (χ0n) is 30.5. The van der Waals surface area contributed by atoms with Crippen molar-refractivity contribution in [2.45, 2.75) is 83.8 Å². The molecule has 3 fully saturated rings. The number of amides is 2. The van der Waals surface area contributed by atoms with Gasteiger partial charge in [0.1, 0.15) is 17.6 Å². The number of aliphatic carboxylic acids is 1. The molecule has 6 rings (SSSR count). The number of methoxy groups -OCH3 is 1. The van der Waals surface area contributed by atoms with Crippen molar-refractivity contribution in [1.29, 1.82) is 0 Å². The summed E-state index contributed by atoms with van der Waals surface area (Å²) in [7, 11) is 1.60. The number of allylic oxidation sites excluding steroid dienone is 1. The van der Waals surface area contributed by atoms with Crippen LogP contribution in [0, 0.1) is 29.1 Å². The first-order chi connectivity index (χ1) is 25.0. The summed E-state index contributed by atoms with van der Waals surface area (Å²) >= 11 is 0. The summed E-state index contributed by atoms with van der Waals surface area (Å²) in [5.74, 6) is -1.14. The first-order valence-electron chi connectivity index (χ1n) is 18.7. The Morgan fingerprint density at radius 1 is 1.08 bits per heavy atom. The predicted molar refractivity (Wildman–Crippen MR) is 199 cm³/mol. The van der Waals surface area contributed by atoms with Crippen LogP contribution >= 0.6 is 0 Å². The summed E-state index contributed by atoms with van der Waals surface area (Å²) in [6.45, 7) is 8.37. The first-order valence-corrected chi connectivity index (χ1v) is 18.7. The maximum atomic E-state index is 14.2. The molecule has 52 heavy (non-hydrogen) atoms. The molecule has 1 unspecified atom stereocenters. The summed E-state index contributed by atoms with van der Waals surface area (Å²) in [6, 6.07) is 16.3. The standard InChI is InChI=1S/C42H51N3O7/c1-5-29-22-42(29,41(49)50)23-37(46)36-19-31(25-45(36)39(47)20-33(26(2)3)40(48)43-24-27-12-8-6-9-13-27)52-38-21-34(28-14-10-7-11-15-28)44-35-18-30(51-4)16-17-32(35)38/h5,7,10-11,14-18,21,26-27,29,31,33,36H,1,6,8-9,12-13,19-20,22-25H2,2-4H3,(H,43,48)(H,49,50)/t29?,31-,33+,36+,42-/m1/s1. The molecule has 1 aromatic heterocycles. The van der Waals surface area contributed by atoms with Crippen LogP contribution < -0.4 is 14.8 Å². The number of carbonyl (C=O) groups excluding carboxylic acids is 3. The van der Waals surface area contributed by atoms with Crippen LogP contribution in [0.4, 0.5) is 0 Å². The second-order valence-electron chi connectivity index (χ2n) is 15.2. The number of aromatic nitrogens is 1. The van der Waals surface area contributed by atoms with Gasteiger partial charge in [0, 0.05) is 54.8 Å². The average Bonchev–Trinajstić information content (AvgIpc) is 3.72. The number of benzene rings is 2. The zero-order chi connectivity index (χ0) is 37.0. The highest BCUT2D eigenvalue weighted by atomic mass is 16.5. The quantitative estimate of drug-likeness (QED) is 0.164. The van der Waals surface area contributed by atoms with Crippen molar-refractivity contribution >= 4 is 34.5 Å². The Morgan fingerprint density at radius 2 is 1.83 bits per heavy atom. The van der Waals surface area contributed by atoms with Gasteiger partial charge in [0.2, 0.25) is 11.8 Å². The third-order valence-corrected chi connectivity index (χ3v) is 11.5. The van der Waals surface area contributed by atoms with Gasteiger partial charge in [-0.3, -0.25) is 19.2 Å². The molecule has 276 valence electrons. The molecule has 2 N–H and O–H groups in total. The van der Waals surface area contributed by atoms with Gasteiger partial charge in [0.15, 0.2) is 5.78 Å². The molecule has 2 saturated carbocycles. The number of hydrogen-bond acceptors (Lipinski definition) is 7. The highest BCUT2D eigenvalue weighted by Crippen LogP contribution is 2.56. The van der Waals surface area contributed by atoms with Gasteiger partial charge in [0.05, 0.1) is 36.3 Å². The molecule has 10 nitrogen and oxygen atoms in total. The van der Waals surface area contributed by atoms with Gasteiger partial charge >= 0.3 is 5.97 Å². The Labute approximate surface area is 306 Å². The van der Waals surface area contributed by atoms with E-state index in [-0.39, 0.29) is 55.2 Å². The van der Waals surface area contributed by atoms with Crippen LogP contribution in [-0.2, 0) is 19.2 Å². The van der Waals surface area contributed by atoms with Gasteiger partial charge in [-0.25, -0.2) is 4.98 Å². The van der Waals surface area contributed by atoms with Gasteiger partial charge in [-0.1, -0.05) is 69.5 Å². The Morgan fingerprint density at radius 3 is 2.48 bits per heavy atom. The lowest BCUT2D eigenvalue weighted by atomic mass is 9.88. The molecule has 3 aromatic rings. The summed E-state index contributed by atoms with van der Waals surface area (Å²) in [5, 5.41) is 14.0. The molecule has 2 aromatic carbocycles. The molecule has 10 heteroatoms. The molecule has 3 aliphatic rings. The predicted octanol–water partition coefficient (Wildman–Crippen LogP) is 6.85. The fourth-order valence-electron chi connectivity index (χ4n) is 8.10. The smallest absolute Gasteiger partial charge is 0.310 e. The first kappa shape index (κ1) is 37.0. The maximum Gasteiger partial charge on any atom is 0.310 e. The molecular formula is C42H51N3O7. The number of pyridine rings is 1. The van der Waals surface area contributed by atoms with E-state index >= 15 is 0 Å². The fraction of sp³-hybridized carbons (Fsp3) is 0.500. The molecule has 5 atom stereocenters. The lowest BCUT2D eigenvalue weighted by molar-refractivity contribution is -0.147. The van der Waals surface area contributed by atoms with Crippen molar-refractivity contribution < 1.29 is 33.8 Å². The van der Waals surface area contributed by atoms with E-state index in [1.165, 1.54) is 24.2 Å². The molecule has 2 amide bonds. The van der Waals surface area contributed by atoms with Crippen molar-refractivity contribution in [2.75, 3.05) is 20.2 Å². The Hall–Kier alpha value is -4.73. The monoisotopic (exact) mass is 709 g/mol. The highest BCUT2D eigenvalue weighted by Gasteiger charge is 2.60. The highest BCUT2D eigenvalue weighted by molar-refractivity contribution is 5.95. The number of carboxylic acid groups (broad SMARTS) is 1. The van der Waals surface area contributed by atoms with Crippen LogP contribution in [0.5, 0.6) is 11.5 Å². The van der Waals surface area contributed by atoms with Crippen molar-refractivity contribution in [3.05, 3.63) is 67.3 Å². The topological polar surface area (TPSA) is 135 Å². The number of fused-ring (bicyclic) bond motifs is 1. The number of hydrogen-bond donors (Lipinski definition) is 2. The maximum absolute atomic E-state index is 14.2. The molecule has 2 aliphatic carbocycles. The molecule has 0 bridgehead atoms. The van der Waals surface area contributed by atoms with Gasteiger partial charge in [0.25, 0.3) is 0 Å². The van der Waals surface area contributed by atoms with Gasteiger partial charge in [-0.15, -0.1) is 6.58 Å². The largest absolute Gasteiger partial charge is 0.497 e. The molecule has 0 radical (unpaired) electrons. The van der Waals surface area contributed by atoms with E-state index in [9.17, 15) is 24.3 Å². The number of carbonyl (C=O) groups is 4. The SMILES string of the molecule is C=CC1C[C@]1(CC(=O)[C@@H]1C[C@@H](Oc2cc(-c3ccccc3)nc3cc(OC)ccc23)CN1C(=O)C[C@H](C(=O)NCC1CCCCC1)C(C)C)C(=O)O. The van der Waals surface area contributed by atoms with Gasteiger partial charge in [-0.05, 0) is 49.1 Å². The van der Waals surface area contributed by atoms with Crippen molar-refractivity contribution in [2.24, 2.45) is 29.1 Å². The number of carboxylic acids is 1. The Bertz CT molecular complexity index is 1800. The van der Waals surface area contributed by atoms with Gasteiger partial charge < -0.3 is 24.8 Å². The van der Waals surface area contributed by atoms with E-state index in [2.05, 4.69) is 11.9 Å². The van der Waals surface area contributed by atoms with Crippen LogP contribution in [0.25, 0.3) is 22.2 Å². The number of rotatable bonds is 15. The van der Waals surface area contributed by atoms with Crippen LogP contribution in [0.3, 0.4) is 0 Å². The third kappa shape index (κ3) is 8.01. The second kappa shape index (κ2) is 15.9. The van der Waals surface area contributed by atoms with Crippen molar-refractivity contribution in [1.82, 2.24) is 15.2 Å². The van der Waals surface area contributed by atoms with Crippen LogP contribution in [-0.4, -0.2) is 70.9 Å². The molecule has 0 spiro atoms. The molecule has 2 heterocycles. The number of likely N-dealkylation sites (tertiary alicyclic amines) is 1. The Balaban J connectivity index is 1.26. The lowest BCUT2D eigenvalue weighted by Crippen LogP contribution is -2.45. The average molecular weight is 710 g/mol. The van der Waals surface area contributed by atoms with Gasteiger partial charge in [-0.2, -0.15) is 0 Å². The number of ketones is 1. The summed E-state index contributed by atoms with van der Waals surface area (Å²) in [6.07, 6.45) is 7.08. The van der Waals surface area contributed by atoms with E-state index in [0.29, 0.717) is 41.6 Å². The minimum absolute atomic E-state index is 0.0554. The molecule has 1 aliphatic heterocycles. The number of Topliss-reactive ketones (excluding diaryl/α,β-unsaturated/α-hetero) is 1. The summed E-state index contributed by atoms with van der Waals surface area (Å²) in [4.78, 5) is 60.6. The van der Waals surface area contributed by atoms with E-state index < -0.39 is 29.4 Å². The fourth-order valence-corrected chi connectivity index (χ4v) is 8.10. The molecular weight excluding hydrogens is 658 g/mol. The van der Waals surface area contributed by atoms with E-state index in [4.69, 9.17) is 14.5 Å². The van der Waals surface area contributed by atoms with E-state index in [1.54, 1.807) is 13.2 Å². The minimum Gasteiger partial charge on any atom is -0.497 e.